The van der Waals surface area contributed by atoms with Gasteiger partial charge in [0.15, 0.2) is 6.10 Å². The maximum absolute atomic E-state index is 12.4. The molecular formula is C30H59O10P. The van der Waals surface area contributed by atoms with Crippen molar-refractivity contribution in [1.29, 1.82) is 0 Å². The average molecular weight is 611 g/mol. The molecule has 0 rings (SSSR count). The lowest BCUT2D eigenvalue weighted by molar-refractivity contribution is -0.161. The molecule has 0 aromatic carbocycles. The molecule has 1 unspecified atom stereocenters. The van der Waals surface area contributed by atoms with Gasteiger partial charge in [0, 0.05) is 12.8 Å². The Morgan fingerprint density at radius 3 is 1.51 bits per heavy atom. The minimum absolute atomic E-state index is 0.190. The van der Waals surface area contributed by atoms with Crippen LogP contribution in [0.15, 0.2) is 0 Å². The number of carbonyl (C=O) groups excluding carboxylic acids is 2. The Morgan fingerprint density at radius 2 is 1.05 bits per heavy atom. The molecule has 10 nitrogen and oxygen atoms in total. The molecule has 0 bridgehead atoms. The van der Waals surface area contributed by atoms with Crippen LogP contribution in [0.25, 0.3) is 0 Å². The van der Waals surface area contributed by atoms with Crippen molar-refractivity contribution in [1.82, 2.24) is 0 Å². The molecule has 3 N–H and O–H groups in total. The second-order valence-corrected chi connectivity index (χ2v) is 12.3. The predicted molar refractivity (Wildman–Crippen MR) is 159 cm³/mol. The highest BCUT2D eigenvalue weighted by molar-refractivity contribution is 7.47. The number of phosphoric acid groups is 1. The zero-order valence-electron chi connectivity index (χ0n) is 25.8. The highest BCUT2D eigenvalue weighted by atomic mass is 31.2. The maximum Gasteiger partial charge on any atom is 0.472 e. The molecule has 0 saturated carbocycles. The van der Waals surface area contributed by atoms with Gasteiger partial charge in [-0.3, -0.25) is 18.6 Å². The predicted octanol–water partition coefficient (Wildman–Crippen LogP) is 6.77. The summed E-state index contributed by atoms with van der Waals surface area (Å²) in [6.07, 6.45) is 18.2. The fourth-order valence-electron chi connectivity index (χ4n) is 4.23. The van der Waals surface area contributed by atoms with E-state index in [1.165, 1.54) is 64.2 Å². The van der Waals surface area contributed by atoms with Crippen LogP contribution in [0.3, 0.4) is 0 Å². The molecule has 244 valence electrons. The van der Waals surface area contributed by atoms with E-state index in [0.29, 0.717) is 12.8 Å². The number of aliphatic hydroxyl groups excluding tert-OH is 2. The summed E-state index contributed by atoms with van der Waals surface area (Å²) >= 11 is 0. The van der Waals surface area contributed by atoms with Gasteiger partial charge in [0.25, 0.3) is 0 Å². The summed E-state index contributed by atoms with van der Waals surface area (Å²) in [6.45, 7) is 2.29. The molecule has 0 heterocycles. The quantitative estimate of drug-likeness (QED) is 0.0452. The average Bonchev–Trinajstić information content (AvgIpc) is 2.95. The van der Waals surface area contributed by atoms with Gasteiger partial charge in [-0.25, -0.2) is 4.57 Å². The lowest BCUT2D eigenvalue weighted by atomic mass is 10.1. The number of esters is 2. The van der Waals surface area contributed by atoms with Gasteiger partial charge in [-0.15, -0.1) is 0 Å². The first-order valence-electron chi connectivity index (χ1n) is 16.0. The number of unbranched alkanes of at least 4 members (excludes halogenated alkanes) is 16. The Hall–Kier alpha value is -1.03. The van der Waals surface area contributed by atoms with Gasteiger partial charge in [-0.05, 0) is 12.8 Å². The van der Waals surface area contributed by atoms with Crippen LogP contribution in [0, 0.1) is 0 Å². The van der Waals surface area contributed by atoms with Crippen molar-refractivity contribution in [3.8, 4) is 0 Å². The van der Waals surface area contributed by atoms with Crippen LogP contribution in [0.5, 0.6) is 0 Å². The second-order valence-electron chi connectivity index (χ2n) is 10.8. The third-order valence-electron chi connectivity index (χ3n) is 6.76. The van der Waals surface area contributed by atoms with Crippen LogP contribution >= 0.6 is 7.82 Å². The molecule has 0 aliphatic rings. The molecule has 0 aromatic rings. The van der Waals surface area contributed by atoms with E-state index < -0.39 is 51.8 Å². The van der Waals surface area contributed by atoms with Gasteiger partial charge in [0.2, 0.25) is 0 Å². The van der Waals surface area contributed by atoms with E-state index in [9.17, 15) is 24.2 Å². The topological polar surface area (TPSA) is 149 Å². The van der Waals surface area contributed by atoms with Crippen LogP contribution in [-0.4, -0.2) is 65.7 Å². The Kier molecular flexibility index (Phi) is 27.1. The van der Waals surface area contributed by atoms with E-state index in [-0.39, 0.29) is 19.4 Å². The molecule has 0 aromatic heterocycles. The monoisotopic (exact) mass is 610 g/mol. The molecule has 0 spiro atoms. The molecule has 0 saturated heterocycles. The Balaban J connectivity index is 4.44. The molecule has 0 aliphatic carbocycles. The summed E-state index contributed by atoms with van der Waals surface area (Å²) in [6, 6.07) is 0. The number of carbonyl (C=O) groups is 2. The number of hydrogen-bond acceptors (Lipinski definition) is 9. The van der Waals surface area contributed by atoms with Crippen molar-refractivity contribution in [2.24, 2.45) is 0 Å². The van der Waals surface area contributed by atoms with Crippen molar-refractivity contribution < 1.29 is 47.8 Å². The largest absolute Gasteiger partial charge is 0.472 e. The first kappa shape index (κ1) is 40.0. The Bertz CT molecular complexity index is 676. The lowest BCUT2D eigenvalue weighted by Crippen LogP contribution is -2.29. The summed E-state index contributed by atoms with van der Waals surface area (Å²) in [4.78, 5) is 34.4. The molecule has 41 heavy (non-hydrogen) atoms. The van der Waals surface area contributed by atoms with E-state index in [4.69, 9.17) is 19.1 Å². The van der Waals surface area contributed by atoms with E-state index in [1.54, 1.807) is 0 Å². The fraction of sp³-hybridized carbons (Fsp3) is 0.933. The van der Waals surface area contributed by atoms with Gasteiger partial charge in [-0.2, -0.15) is 0 Å². The molecule has 11 heteroatoms. The summed E-state index contributed by atoms with van der Waals surface area (Å²) in [7, 11) is -4.59. The molecule has 0 amide bonds. The minimum Gasteiger partial charge on any atom is -0.462 e. The van der Waals surface area contributed by atoms with Gasteiger partial charge in [0.05, 0.1) is 19.8 Å². The maximum atomic E-state index is 12.4. The van der Waals surface area contributed by atoms with Gasteiger partial charge >= 0.3 is 19.8 Å². The number of rotatable bonds is 30. The van der Waals surface area contributed by atoms with E-state index in [0.717, 1.165) is 38.5 Å². The van der Waals surface area contributed by atoms with Crippen LogP contribution < -0.4 is 0 Å². The summed E-state index contributed by atoms with van der Waals surface area (Å²) < 4.78 is 32.3. The first-order chi connectivity index (χ1) is 19.7. The summed E-state index contributed by atoms with van der Waals surface area (Å²) in [5.74, 6) is -0.929. The zero-order chi connectivity index (χ0) is 30.6. The van der Waals surface area contributed by atoms with E-state index in [1.807, 2.05) is 0 Å². The van der Waals surface area contributed by atoms with Crippen LogP contribution in [0.4, 0.5) is 0 Å². The minimum atomic E-state index is -4.59. The highest BCUT2D eigenvalue weighted by Crippen LogP contribution is 2.43. The lowest BCUT2D eigenvalue weighted by Gasteiger charge is -2.20. The van der Waals surface area contributed by atoms with Crippen molar-refractivity contribution in [3.63, 3.8) is 0 Å². The second kappa shape index (κ2) is 27.8. The number of hydrogen-bond donors (Lipinski definition) is 3. The van der Waals surface area contributed by atoms with E-state index in [2.05, 4.69) is 18.4 Å². The summed E-state index contributed by atoms with van der Waals surface area (Å²) in [5, 5.41) is 18.1. The molecule has 3 atom stereocenters. The summed E-state index contributed by atoms with van der Waals surface area (Å²) in [5.41, 5.74) is 0. The Labute approximate surface area is 248 Å². The first-order valence-corrected chi connectivity index (χ1v) is 17.5. The SMILES string of the molecule is CCCCCCCCCCCCCC(=O)O[C@H](COC(=O)CCCCCCCCC)COP(=O)(O)OC[C@@H](O)CO. The van der Waals surface area contributed by atoms with Crippen molar-refractivity contribution in [2.75, 3.05) is 26.4 Å². The van der Waals surface area contributed by atoms with Crippen molar-refractivity contribution >= 4 is 19.8 Å². The highest BCUT2D eigenvalue weighted by Gasteiger charge is 2.27. The van der Waals surface area contributed by atoms with Crippen LogP contribution in [-0.2, 0) is 32.7 Å². The number of ether oxygens (including phenoxy) is 2. The molecular weight excluding hydrogens is 551 g/mol. The fourth-order valence-corrected chi connectivity index (χ4v) is 5.02. The number of aliphatic hydroxyl groups is 2. The smallest absolute Gasteiger partial charge is 0.462 e. The molecule has 0 radical (unpaired) electrons. The van der Waals surface area contributed by atoms with E-state index >= 15 is 0 Å². The molecule has 0 fully saturated rings. The van der Waals surface area contributed by atoms with Gasteiger partial charge in [0.1, 0.15) is 12.7 Å². The van der Waals surface area contributed by atoms with Crippen molar-refractivity contribution in [3.05, 3.63) is 0 Å². The molecule has 0 aliphatic heterocycles. The third-order valence-corrected chi connectivity index (χ3v) is 7.71. The third kappa shape index (κ3) is 27.5. The normalized spacial score (nSPS) is 14.4. The number of phosphoric ester groups is 1. The van der Waals surface area contributed by atoms with Crippen LogP contribution in [0.2, 0.25) is 0 Å². The van der Waals surface area contributed by atoms with Gasteiger partial charge in [-0.1, -0.05) is 117 Å². The van der Waals surface area contributed by atoms with Gasteiger partial charge < -0.3 is 24.6 Å². The van der Waals surface area contributed by atoms with Crippen molar-refractivity contribution in [2.45, 2.75) is 154 Å². The zero-order valence-corrected chi connectivity index (χ0v) is 26.7. The standard InChI is InChI=1S/C30H59O10P/c1-3-5-7-9-11-12-13-14-16-18-20-22-30(34)40-28(26-39-41(35,36)38-24-27(32)23-31)25-37-29(33)21-19-17-15-10-8-6-4-2/h27-28,31-32H,3-26H2,1-2H3,(H,35,36)/t27-,28+/m0/s1. The Morgan fingerprint density at radius 1 is 0.634 bits per heavy atom. The van der Waals surface area contributed by atoms with Crippen LogP contribution in [0.1, 0.15) is 142 Å².